The standard InChI is InChI=1S/C26H38ClNO6S/c1-15-7-6-8-16(2)24(32)17(3)25(33)26(4,5)21(30)12-23(31)34-20(10-9-15)19(27)11-18-14-35-22(13-29)28-18/h9,11,14,16-17,20-21,24,29-30,32H,6-8,10,12-13H2,1-5H3/t16-,17+,20-,21-,24-/m0/s1. The number of thiazole rings is 1. The zero-order valence-electron chi connectivity index (χ0n) is 21.2. The Kier molecular flexibility index (Phi) is 11.1. The molecule has 3 N–H and O–H groups in total. The molecule has 5 atom stereocenters. The van der Waals surface area contributed by atoms with Gasteiger partial charge in [-0.2, -0.15) is 0 Å². The van der Waals surface area contributed by atoms with E-state index in [1.54, 1.807) is 32.2 Å². The second kappa shape index (κ2) is 13.1. The first-order valence-corrected chi connectivity index (χ1v) is 13.3. The van der Waals surface area contributed by atoms with Gasteiger partial charge in [-0.15, -0.1) is 11.3 Å². The van der Waals surface area contributed by atoms with Gasteiger partial charge >= 0.3 is 5.97 Å². The van der Waals surface area contributed by atoms with Crippen LogP contribution in [0.2, 0.25) is 0 Å². The molecule has 0 amide bonds. The molecule has 1 aliphatic heterocycles. The Morgan fingerprint density at radius 3 is 2.63 bits per heavy atom. The molecule has 0 bridgehead atoms. The van der Waals surface area contributed by atoms with Gasteiger partial charge in [-0.05, 0) is 38.2 Å². The molecule has 9 heteroatoms. The number of halogens is 1. The predicted octanol–water partition coefficient (Wildman–Crippen LogP) is 4.63. The molecule has 0 saturated carbocycles. The van der Waals surface area contributed by atoms with Crippen LogP contribution in [0.3, 0.4) is 0 Å². The Balaban J connectivity index is 2.33. The van der Waals surface area contributed by atoms with Gasteiger partial charge in [-0.3, -0.25) is 9.59 Å². The number of aliphatic hydroxyl groups is 3. The van der Waals surface area contributed by atoms with E-state index in [1.807, 2.05) is 19.9 Å². The van der Waals surface area contributed by atoms with Crippen LogP contribution in [0.5, 0.6) is 0 Å². The van der Waals surface area contributed by atoms with Crippen molar-refractivity contribution in [3.8, 4) is 0 Å². The molecule has 0 spiro atoms. The number of aliphatic hydroxyl groups excluding tert-OH is 3. The van der Waals surface area contributed by atoms with Crippen LogP contribution in [0.25, 0.3) is 6.08 Å². The van der Waals surface area contributed by atoms with Crippen molar-refractivity contribution in [3.05, 3.63) is 32.8 Å². The van der Waals surface area contributed by atoms with E-state index in [9.17, 15) is 24.9 Å². The highest BCUT2D eigenvalue weighted by Gasteiger charge is 2.42. The number of rotatable bonds is 3. The zero-order chi connectivity index (χ0) is 26.3. The van der Waals surface area contributed by atoms with Crippen molar-refractivity contribution < 1.29 is 29.6 Å². The van der Waals surface area contributed by atoms with Crippen LogP contribution in [-0.2, 0) is 20.9 Å². The lowest BCUT2D eigenvalue weighted by atomic mass is 9.73. The number of hydrogen-bond acceptors (Lipinski definition) is 8. The molecule has 7 nitrogen and oxygen atoms in total. The van der Waals surface area contributed by atoms with Gasteiger partial charge in [0.1, 0.15) is 16.9 Å². The van der Waals surface area contributed by atoms with Crippen LogP contribution < -0.4 is 0 Å². The predicted molar refractivity (Wildman–Crippen MR) is 138 cm³/mol. The van der Waals surface area contributed by atoms with Crippen LogP contribution >= 0.6 is 22.9 Å². The lowest BCUT2D eigenvalue weighted by molar-refractivity contribution is -0.153. The average Bonchev–Trinajstić information content (AvgIpc) is 3.26. The quantitative estimate of drug-likeness (QED) is 0.387. The van der Waals surface area contributed by atoms with E-state index >= 15 is 0 Å². The molecular weight excluding hydrogens is 490 g/mol. The third-order valence-corrected chi connectivity index (χ3v) is 8.02. The first-order valence-electron chi connectivity index (χ1n) is 12.0. The average molecular weight is 528 g/mol. The molecule has 0 fully saturated rings. The molecule has 35 heavy (non-hydrogen) atoms. The SMILES string of the molecule is CC1=CC[C@@H](C(Cl)=Cc2csc(CO)n2)OC(=O)C[C@H](O)C(C)(C)C(=O)[C@H](C)[C@@H](O)[C@@H](C)CCC1. The number of aromatic nitrogens is 1. The fourth-order valence-electron chi connectivity index (χ4n) is 4.22. The number of hydrogen-bond donors (Lipinski definition) is 3. The van der Waals surface area contributed by atoms with Crippen LogP contribution in [0, 0.1) is 17.3 Å². The number of ether oxygens (including phenoxy) is 1. The molecule has 0 unspecified atom stereocenters. The summed E-state index contributed by atoms with van der Waals surface area (Å²) in [5.74, 6) is -1.73. The number of carbonyl (C=O) groups is 2. The molecule has 1 aliphatic rings. The largest absolute Gasteiger partial charge is 0.456 e. The van der Waals surface area contributed by atoms with E-state index in [1.165, 1.54) is 11.3 Å². The topological polar surface area (TPSA) is 117 Å². The molecule has 0 radical (unpaired) electrons. The van der Waals surface area contributed by atoms with Crippen molar-refractivity contribution in [3.63, 3.8) is 0 Å². The third-order valence-electron chi connectivity index (χ3n) is 6.82. The van der Waals surface area contributed by atoms with Crippen LogP contribution in [0.4, 0.5) is 0 Å². The van der Waals surface area contributed by atoms with Gasteiger partial charge in [-0.1, -0.05) is 50.9 Å². The molecule has 196 valence electrons. The minimum absolute atomic E-state index is 0.0837. The van der Waals surface area contributed by atoms with Gasteiger partial charge in [0.05, 0.1) is 41.4 Å². The van der Waals surface area contributed by atoms with Crippen molar-refractivity contribution in [2.75, 3.05) is 0 Å². The number of ketones is 1. The first kappa shape index (κ1) is 29.6. The van der Waals surface area contributed by atoms with Crippen molar-refractivity contribution in [1.82, 2.24) is 4.98 Å². The minimum atomic E-state index is -1.29. The van der Waals surface area contributed by atoms with Gasteiger partial charge in [-0.25, -0.2) is 4.98 Å². The first-order chi connectivity index (χ1) is 16.4. The maximum Gasteiger partial charge on any atom is 0.309 e. The number of cyclic esters (lactones) is 1. The summed E-state index contributed by atoms with van der Waals surface area (Å²) in [7, 11) is 0. The highest BCUT2D eigenvalue weighted by molar-refractivity contribution is 7.09. The number of Topliss-reactive ketones (excluding diaryl/α,β-unsaturated/α-hetero) is 1. The van der Waals surface area contributed by atoms with Gasteiger partial charge in [0.2, 0.25) is 0 Å². The fraction of sp³-hybridized carbons (Fsp3) is 0.654. The summed E-state index contributed by atoms with van der Waals surface area (Å²) in [6.07, 6.45) is 3.04. The van der Waals surface area contributed by atoms with E-state index in [0.717, 1.165) is 24.8 Å². The van der Waals surface area contributed by atoms with Crippen molar-refractivity contribution in [1.29, 1.82) is 0 Å². The van der Waals surface area contributed by atoms with E-state index in [-0.39, 0.29) is 29.8 Å². The van der Waals surface area contributed by atoms with Gasteiger partial charge in [0, 0.05) is 17.7 Å². The Morgan fingerprint density at radius 1 is 1.31 bits per heavy atom. The summed E-state index contributed by atoms with van der Waals surface area (Å²) in [4.78, 5) is 30.2. The number of nitrogens with zero attached hydrogens (tertiary/aromatic N) is 1. The molecule has 2 heterocycles. The van der Waals surface area contributed by atoms with Crippen LogP contribution in [0.15, 0.2) is 22.1 Å². The Bertz CT molecular complexity index is 940. The normalized spacial score (nSPS) is 30.0. The van der Waals surface area contributed by atoms with Crippen LogP contribution in [-0.4, -0.2) is 50.4 Å². The van der Waals surface area contributed by atoms with Crippen LogP contribution in [0.1, 0.15) is 77.4 Å². The van der Waals surface area contributed by atoms with E-state index in [0.29, 0.717) is 17.1 Å². The minimum Gasteiger partial charge on any atom is -0.456 e. The zero-order valence-corrected chi connectivity index (χ0v) is 22.7. The fourth-order valence-corrected chi connectivity index (χ4v) is 5.07. The Labute approximate surface area is 216 Å². The van der Waals surface area contributed by atoms with E-state index in [2.05, 4.69) is 4.98 Å². The molecular formula is C26H38ClNO6S. The number of esters is 1. The second-order valence-corrected chi connectivity index (χ2v) is 11.5. The number of allylic oxidation sites excluding steroid dienone is 1. The van der Waals surface area contributed by atoms with Crippen molar-refractivity contribution >= 4 is 40.8 Å². The maximum atomic E-state index is 13.2. The number of carbonyl (C=O) groups excluding carboxylic acids is 2. The summed E-state index contributed by atoms with van der Waals surface area (Å²) in [5, 5.41) is 33.4. The lowest BCUT2D eigenvalue weighted by Crippen LogP contribution is -2.45. The molecule has 2 rings (SSSR count). The molecule has 0 aromatic carbocycles. The van der Waals surface area contributed by atoms with E-state index < -0.39 is 35.6 Å². The summed E-state index contributed by atoms with van der Waals surface area (Å²) in [6, 6.07) is 0. The Morgan fingerprint density at radius 2 is 2.00 bits per heavy atom. The van der Waals surface area contributed by atoms with Gasteiger partial charge < -0.3 is 20.1 Å². The highest BCUT2D eigenvalue weighted by Crippen LogP contribution is 2.32. The maximum absolute atomic E-state index is 13.2. The summed E-state index contributed by atoms with van der Waals surface area (Å²) >= 11 is 7.84. The summed E-state index contributed by atoms with van der Waals surface area (Å²) in [6.45, 7) is 8.60. The van der Waals surface area contributed by atoms with Crippen molar-refractivity contribution in [2.24, 2.45) is 17.3 Å². The van der Waals surface area contributed by atoms with E-state index in [4.69, 9.17) is 16.3 Å². The third kappa shape index (κ3) is 8.22. The molecule has 1 aromatic rings. The second-order valence-electron chi connectivity index (χ2n) is 10.1. The smallest absolute Gasteiger partial charge is 0.309 e. The molecule has 0 saturated heterocycles. The molecule has 1 aromatic heterocycles. The Hall–Kier alpha value is -1.58. The summed E-state index contributed by atoms with van der Waals surface area (Å²) < 4.78 is 5.65. The highest BCUT2D eigenvalue weighted by atomic mass is 35.5. The molecule has 0 aliphatic carbocycles. The van der Waals surface area contributed by atoms with Gasteiger partial charge in [0.25, 0.3) is 0 Å². The van der Waals surface area contributed by atoms with Crippen molar-refractivity contribution in [2.45, 2.75) is 91.6 Å². The monoisotopic (exact) mass is 527 g/mol. The van der Waals surface area contributed by atoms with Gasteiger partial charge in [0.15, 0.2) is 0 Å². The summed E-state index contributed by atoms with van der Waals surface area (Å²) in [5.41, 5.74) is 0.412. The lowest BCUT2D eigenvalue weighted by Gasteiger charge is -2.34.